The van der Waals surface area contributed by atoms with Gasteiger partial charge in [0.1, 0.15) is 5.69 Å². The van der Waals surface area contributed by atoms with Gasteiger partial charge in [-0.2, -0.15) is 5.10 Å². The number of nitrogens with zero attached hydrogens (tertiary/aromatic N) is 3. The van der Waals surface area contributed by atoms with E-state index in [1.165, 1.54) is 6.92 Å². The van der Waals surface area contributed by atoms with E-state index in [-0.39, 0.29) is 22.7 Å². The minimum Gasteiger partial charge on any atom is -0.344 e. The molecule has 0 saturated carbocycles. The average Bonchev–Trinajstić information content (AvgIpc) is 2.99. The molecule has 3 aromatic rings. The zero-order valence-corrected chi connectivity index (χ0v) is 17.4. The molecule has 8 heteroatoms. The predicted octanol–water partition coefficient (Wildman–Crippen LogP) is 3.99. The second-order valence-electron chi connectivity index (χ2n) is 6.84. The van der Waals surface area contributed by atoms with Gasteiger partial charge in [0.25, 0.3) is 5.91 Å². The first kappa shape index (κ1) is 20.5. The molecule has 0 aliphatic heterocycles. The lowest BCUT2D eigenvalue weighted by atomic mass is 10.1. The van der Waals surface area contributed by atoms with E-state index in [0.29, 0.717) is 11.5 Å². The highest BCUT2D eigenvalue weighted by atomic mass is 35.5. The third-order valence-corrected chi connectivity index (χ3v) is 4.63. The van der Waals surface area contributed by atoms with Crippen molar-refractivity contribution in [1.29, 1.82) is 0 Å². The average molecular weight is 412 g/mol. The summed E-state index contributed by atoms with van der Waals surface area (Å²) in [7, 11) is 0. The summed E-state index contributed by atoms with van der Waals surface area (Å²) < 4.78 is 1.67. The molecule has 0 fully saturated rings. The number of hydrogen-bond acceptors (Lipinski definition) is 4. The fraction of sp³-hybridized carbons (Fsp3) is 0.238. The zero-order chi connectivity index (χ0) is 21.1. The number of benzene rings is 1. The molecule has 0 saturated heterocycles. The van der Waals surface area contributed by atoms with E-state index in [1.807, 2.05) is 45.0 Å². The summed E-state index contributed by atoms with van der Waals surface area (Å²) >= 11 is 6.24. The Morgan fingerprint density at radius 3 is 2.55 bits per heavy atom. The smallest absolute Gasteiger partial charge is 0.271 e. The lowest BCUT2D eigenvalue weighted by molar-refractivity contribution is -0.114. The van der Waals surface area contributed by atoms with Gasteiger partial charge in [0.2, 0.25) is 5.91 Å². The molecule has 2 N–H and O–H groups in total. The molecule has 1 unspecified atom stereocenters. The van der Waals surface area contributed by atoms with E-state index in [9.17, 15) is 9.59 Å². The molecule has 7 nitrogen and oxygen atoms in total. The van der Waals surface area contributed by atoms with Gasteiger partial charge in [-0.3, -0.25) is 9.59 Å². The van der Waals surface area contributed by atoms with Crippen LogP contribution < -0.4 is 10.6 Å². The van der Waals surface area contributed by atoms with Gasteiger partial charge in [-0.05, 0) is 56.7 Å². The van der Waals surface area contributed by atoms with Crippen molar-refractivity contribution >= 4 is 29.1 Å². The van der Waals surface area contributed by atoms with E-state index >= 15 is 0 Å². The van der Waals surface area contributed by atoms with Crippen LogP contribution in [0.25, 0.3) is 5.82 Å². The van der Waals surface area contributed by atoms with Crippen LogP contribution in [-0.2, 0) is 4.79 Å². The van der Waals surface area contributed by atoms with Crippen LogP contribution in [0.5, 0.6) is 0 Å². The first-order valence-electron chi connectivity index (χ1n) is 9.13. The van der Waals surface area contributed by atoms with Gasteiger partial charge < -0.3 is 10.6 Å². The Morgan fingerprint density at radius 1 is 1.14 bits per heavy atom. The van der Waals surface area contributed by atoms with Gasteiger partial charge in [-0.15, -0.1) is 0 Å². The van der Waals surface area contributed by atoms with E-state index in [2.05, 4.69) is 20.7 Å². The number of pyridine rings is 1. The Bertz CT molecular complexity index is 1080. The van der Waals surface area contributed by atoms with Crippen molar-refractivity contribution in [2.24, 2.45) is 0 Å². The molecule has 3 rings (SSSR count). The molecule has 0 aliphatic carbocycles. The molecule has 1 atom stereocenters. The molecular weight excluding hydrogens is 390 g/mol. The summed E-state index contributed by atoms with van der Waals surface area (Å²) in [6.45, 7) is 7.11. The van der Waals surface area contributed by atoms with E-state index < -0.39 is 5.91 Å². The first-order chi connectivity index (χ1) is 13.7. The third-order valence-electron chi connectivity index (χ3n) is 4.33. The number of amides is 2. The van der Waals surface area contributed by atoms with E-state index in [1.54, 1.807) is 22.9 Å². The van der Waals surface area contributed by atoms with Crippen LogP contribution in [0.4, 0.5) is 5.69 Å². The Kier molecular flexibility index (Phi) is 5.98. The summed E-state index contributed by atoms with van der Waals surface area (Å²) in [5.74, 6) is -0.0305. The summed E-state index contributed by atoms with van der Waals surface area (Å²) in [5.41, 5.74) is 3.40. The van der Waals surface area contributed by atoms with Crippen LogP contribution >= 0.6 is 11.6 Å². The van der Waals surface area contributed by atoms with Crippen LogP contribution in [0.1, 0.15) is 47.3 Å². The Morgan fingerprint density at radius 2 is 1.90 bits per heavy atom. The number of carbonyl (C=O) groups excluding carboxylic acids is 2. The second kappa shape index (κ2) is 8.45. The molecule has 1 aromatic carbocycles. The number of anilines is 1. The molecule has 0 bridgehead atoms. The molecule has 29 heavy (non-hydrogen) atoms. The van der Waals surface area contributed by atoms with Gasteiger partial charge in [0.05, 0.1) is 16.8 Å². The number of aromatic nitrogens is 3. The standard InChI is InChI=1S/C21H22ClN5O2/c1-12-10-13(2)27(26-12)19-9-8-18(22)20(25-19)21(29)23-14(3)16-6-5-7-17(11-16)24-15(4)28/h5-11,14H,1-4H3,(H,23,29)(H,24,28). The molecule has 0 radical (unpaired) electrons. The minimum atomic E-state index is -0.393. The highest BCUT2D eigenvalue weighted by molar-refractivity contribution is 6.33. The summed E-state index contributed by atoms with van der Waals surface area (Å²) in [5, 5.41) is 10.3. The fourth-order valence-electron chi connectivity index (χ4n) is 3.01. The van der Waals surface area contributed by atoms with Gasteiger partial charge in [0.15, 0.2) is 5.82 Å². The fourth-order valence-corrected chi connectivity index (χ4v) is 3.20. The molecule has 0 aliphatic rings. The van der Waals surface area contributed by atoms with Crippen molar-refractivity contribution in [1.82, 2.24) is 20.1 Å². The monoisotopic (exact) mass is 411 g/mol. The van der Waals surface area contributed by atoms with Crippen LogP contribution in [0, 0.1) is 13.8 Å². The number of nitrogens with one attached hydrogen (secondary N) is 2. The lowest BCUT2D eigenvalue weighted by Gasteiger charge is -2.16. The Hall–Kier alpha value is -3.19. The van der Waals surface area contributed by atoms with Crippen molar-refractivity contribution < 1.29 is 9.59 Å². The molecule has 0 spiro atoms. The van der Waals surface area contributed by atoms with Crippen molar-refractivity contribution in [2.45, 2.75) is 33.7 Å². The minimum absolute atomic E-state index is 0.126. The maximum atomic E-state index is 12.8. The van der Waals surface area contributed by atoms with E-state index in [0.717, 1.165) is 17.0 Å². The van der Waals surface area contributed by atoms with Crippen molar-refractivity contribution in [3.05, 3.63) is 70.1 Å². The van der Waals surface area contributed by atoms with Crippen molar-refractivity contribution in [3.8, 4) is 5.82 Å². The molecule has 2 heterocycles. The predicted molar refractivity (Wildman–Crippen MR) is 112 cm³/mol. The van der Waals surface area contributed by atoms with Crippen LogP contribution in [0.15, 0.2) is 42.5 Å². The number of rotatable bonds is 5. The quantitative estimate of drug-likeness (QED) is 0.664. The number of halogens is 1. The maximum absolute atomic E-state index is 12.8. The normalized spacial score (nSPS) is 11.8. The largest absolute Gasteiger partial charge is 0.344 e. The van der Waals surface area contributed by atoms with Crippen LogP contribution in [0.2, 0.25) is 5.02 Å². The van der Waals surface area contributed by atoms with Gasteiger partial charge in [-0.25, -0.2) is 9.67 Å². The molecule has 2 amide bonds. The van der Waals surface area contributed by atoms with Crippen molar-refractivity contribution in [2.75, 3.05) is 5.32 Å². The highest BCUT2D eigenvalue weighted by Crippen LogP contribution is 2.21. The van der Waals surface area contributed by atoms with Gasteiger partial charge >= 0.3 is 0 Å². The van der Waals surface area contributed by atoms with Crippen LogP contribution in [-0.4, -0.2) is 26.6 Å². The summed E-state index contributed by atoms with van der Waals surface area (Å²) in [6, 6.07) is 12.3. The SMILES string of the molecule is CC(=O)Nc1cccc(C(C)NC(=O)c2nc(-n3nc(C)cc3C)ccc2Cl)c1. The Labute approximate surface area is 174 Å². The van der Waals surface area contributed by atoms with Crippen LogP contribution in [0.3, 0.4) is 0 Å². The van der Waals surface area contributed by atoms with E-state index in [4.69, 9.17) is 11.6 Å². The topological polar surface area (TPSA) is 88.9 Å². The molecule has 2 aromatic heterocycles. The number of carbonyl (C=O) groups is 2. The zero-order valence-electron chi connectivity index (χ0n) is 16.7. The number of aryl methyl sites for hydroxylation is 2. The summed E-state index contributed by atoms with van der Waals surface area (Å²) in [6.07, 6.45) is 0. The Balaban J connectivity index is 1.82. The van der Waals surface area contributed by atoms with Gasteiger partial charge in [0, 0.05) is 18.3 Å². The molecule has 150 valence electrons. The first-order valence-corrected chi connectivity index (χ1v) is 9.51. The molecular formula is C21H22ClN5O2. The lowest BCUT2D eigenvalue weighted by Crippen LogP contribution is -2.28. The summed E-state index contributed by atoms with van der Waals surface area (Å²) in [4.78, 5) is 28.5. The number of hydrogen-bond donors (Lipinski definition) is 2. The maximum Gasteiger partial charge on any atom is 0.271 e. The second-order valence-corrected chi connectivity index (χ2v) is 7.25. The van der Waals surface area contributed by atoms with Crippen molar-refractivity contribution in [3.63, 3.8) is 0 Å². The van der Waals surface area contributed by atoms with Gasteiger partial charge in [-0.1, -0.05) is 23.7 Å². The highest BCUT2D eigenvalue weighted by Gasteiger charge is 2.18. The third kappa shape index (κ3) is 4.81.